The number of hydrogen-bond donors (Lipinski definition) is 0. The number of hydrogen-bond acceptors (Lipinski definition) is 5. The van der Waals surface area contributed by atoms with Gasteiger partial charge in [0, 0.05) is 12.5 Å². The number of ether oxygens (including phenoxy) is 2. The molecule has 6 heteroatoms. The summed E-state index contributed by atoms with van der Waals surface area (Å²) in [6, 6.07) is 0. The van der Waals surface area contributed by atoms with E-state index in [4.69, 9.17) is 13.9 Å². The second kappa shape index (κ2) is 8.15. The number of carbonyl (C=O) groups excluding carboxylic acids is 2. The number of methoxy groups -OCH3 is 2. The predicted octanol–water partition coefficient (Wildman–Crippen LogP) is 4.64. The van der Waals surface area contributed by atoms with Crippen molar-refractivity contribution in [1.82, 2.24) is 0 Å². The molecule has 2 rings (SSSR count). The maximum atomic E-state index is 12.5. The Bertz CT molecular complexity index is 668. The highest BCUT2D eigenvalue weighted by molar-refractivity contribution is 6.74. The number of carbonyl (C=O) groups is 2. The minimum Gasteiger partial charge on any atom is -0.468 e. The van der Waals surface area contributed by atoms with Crippen LogP contribution in [0.2, 0.25) is 18.1 Å². The maximum Gasteiger partial charge on any atom is 0.323 e. The fourth-order valence-corrected chi connectivity index (χ4v) is 5.04. The zero-order valence-corrected chi connectivity index (χ0v) is 19.7. The van der Waals surface area contributed by atoms with Gasteiger partial charge < -0.3 is 13.9 Å². The summed E-state index contributed by atoms with van der Waals surface area (Å²) >= 11 is 0. The highest BCUT2D eigenvalue weighted by atomic mass is 28.4. The van der Waals surface area contributed by atoms with Crippen molar-refractivity contribution < 1.29 is 23.5 Å². The quantitative estimate of drug-likeness (QED) is 0.287. The lowest BCUT2D eigenvalue weighted by atomic mass is 9.84. The lowest BCUT2D eigenvalue weighted by Crippen LogP contribution is -2.42. The first-order valence-corrected chi connectivity index (χ1v) is 13.0. The first-order valence-electron chi connectivity index (χ1n) is 10.1. The fourth-order valence-electron chi connectivity index (χ4n) is 3.99. The van der Waals surface area contributed by atoms with Crippen molar-refractivity contribution in [3.05, 3.63) is 23.3 Å². The summed E-state index contributed by atoms with van der Waals surface area (Å²) in [6.45, 7) is 14.1. The van der Waals surface area contributed by atoms with Gasteiger partial charge in [0.2, 0.25) is 0 Å². The van der Waals surface area contributed by atoms with Gasteiger partial charge in [-0.25, -0.2) is 0 Å². The summed E-state index contributed by atoms with van der Waals surface area (Å²) in [5, 5.41) is 0.162. The zero-order valence-electron chi connectivity index (χ0n) is 18.7. The van der Waals surface area contributed by atoms with E-state index in [0.717, 1.165) is 12.0 Å². The third-order valence-electron chi connectivity index (χ3n) is 7.02. The van der Waals surface area contributed by atoms with Crippen molar-refractivity contribution in [2.24, 2.45) is 17.3 Å². The molecule has 0 spiro atoms. The maximum absolute atomic E-state index is 12.5. The molecule has 28 heavy (non-hydrogen) atoms. The average Bonchev–Trinajstić information content (AvgIpc) is 2.96. The minimum atomic E-state index is -1.84. The number of esters is 2. The smallest absolute Gasteiger partial charge is 0.323 e. The topological polar surface area (TPSA) is 61.8 Å². The van der Waals surface area contributed by atoms with E-state index in [0.29, 0.717) is 19.4 Å². The Kier molecular flexibility index (Phi) is 6.66. The molecular formula is C22H36O5Si. The normalized spacial score (nSPS) is 24.6. The van der Waals surface area contributed by atoms with Crippen LogP contribution in [0.4, 0.5) is 0 Å². The van der Waals surface area contributed by atoms with Crippen LogP contribution in [-0.2, 0) is 23.5 Å². The molecule has 1 fully saturated rings. The molecule has 0 saturated heterocycles. The van der Waals surface area contributed by atoms with E-state index in [1.165, 1.54) is 19.8 Å². The standard InChI is InChI=1S/C22H36O5Si/c1-15-17(14-27-28(7,8)21(2,3)4)11-9-10-16-12-22(13-18(15)16,19(23)25-5)20(24)26-6/h9-10,16-17H,11-14H2,1-8H3/t16-,17-/m0/s1. The van der Waals surface area contributed by atoms with E-state index in [1.807, 2.05) is 0 Å². The third-order valence-corrected chi connectivity index (χ3v) is 11.5. The van der Waals surface area contributed by atoms with E-state index >= 15 is 0 Å². The Hall–Kier alpha value is -1.40. The highest BCUT2D eigenvalue weighted by Gasteiger charge is 2.55. The summed E-state index contributed by atoms with van der Waals surface area (Å²) in [4.78, 5) is 25.1. The van der Waals surface area contributed by atoms with Crippen molar-refractivity contribution in [1.29, 1.82) is 0 Å². The molecule has 2 atom stereocenters. The second-order valence-corrected chi connectivity index (χ2v) is 14.5. The molecule has 0 aromatic heterocycles. The van der Waals surface area contributed by atoms with Gasteiger partial charge in [-0.15, -0.1) is 0 Å². The second-order valence-electron chi connectivity index (χ2n) is 9.69. The molecule has 0 aromatic carbocycles. The number of allylic oxidation sites excluding steroid dienone is 3. The summed E-state index contributed by atoms with van der Waals surface area (Å²) in [5.74, 6) is -0.682. The van der Waals surface area contributed by atoms with Gasteiger partial charge in [0.1, 0.15) is 0 Å². The molecule has 0 aliphatic heterocycles. The van der Waals surface area contributed by atoms with Crippen molar-refractivity contribution in [2.45, 2.75) is 65.1 Å². The van der Waals surface area contributed by atoms with E-state index in [9.17, 15) is 9.59 Å². The van der Waals surface area contributed by atoms with Crippen molar-refractivity contribution >= 4 is 20.3 Å². The van der Waals surface area contributed by atoms with E-state index < -0.39 is 25.7 Å². The lowest BCUT2D eigenvalue weighted by molar-refractivity contribution is -0.168. The highest BCUT2D eigenvalue weighted by Crippen LogP contribution is 2.51. The molecule has 158 valence electrons. The molecule has 0 aromatic rings. The molecule has 0 unspecified atom stereocenters. The van der Waals surface area contributed by atoms with Crippen molar-refractivity contribution in [2.75, 3.05) is 20.8 Å². The van der Waals surface area contributed by atoms with Crippen LogP contribution in [0, 0.1) is 17.3 Å². The summed E-state index contributed by atoms with van der Waals surface area (Å²) in [7, 11) is 0.816. The average molecular weight is 409 g/mol. The van der Waals surface area contributed by atoms with Crippen LogP contribution >= 0.6 is 0 Å². The van der Waals surface area contributed by atoms with Gasteiger partial charge >= 0.3 is 11.9 Å². The molecule has 1 saturated carbocycles. The summed E-state index contributed by atoms with van der Waals surface area (Å²) in [5.41, 5.74) is 1.16. The van der Waals surface area contributed by atoms with Crippen molar-refractivity contribution in [3.8, 4) is 0 Å². The van der Waals surface area contributed by atoms with Gasteiger partial charge in [-0.3, -0.25) is 9.59 Å². The molecule has 0 heterocycles. The molecule has 0 bridgehead atoms. The molecule has 2 aliphatic carbocycles. The number of rotatable bonds is 5. The first kappa shape index (κ1) is 22.9. The molecule has 2 aliphatic rings. The third kappa shape index (κ3) is 4.13. The van der Waals surface area contributed by atoms with Gasteiger partial charge in [0.05, 0.1) is 14.2 Å². The lowest BCUT2D eigenvalue weighted by Gasteiger charge is -2.37. The monoisotopic (exact) mass is 408 g/mol. The van der Waals surface area contributed by atoms with E-state index in [2.05, 4.69) is 52.9 Å². The first-order chi connectivity index (χ1) is 12.9. The SMILES string of the molecule is COC(=O)C1(C(=O)OC)CC2=C(C)[C@H](CO[Si](C)(C)C(C)(C)C)CC=C[C@H]2C1. The Balaban J connectivity index is 2.31. The summed E-state index contributed by atoms with van der Waals surface area (Å²) < 4.78 is 16.5. The predicted molar refractivity (Wildman–Crippen MR) is 112 cm³/mol. The van der Waals surface area contributed by atoms with E-state index in [-0.39, 0.29) is 16.9 Å². The van der Waals surface area contributed by atoms with Crippen LogP contribution in [0.3, 0.4) is 0 Å². The van der Waals surface area contributed by atoms with Crippen LogP contribution in [-0.4, -0.2) is 41.1 Å². The van der Waals surface area contributed by atoms with Gasteiger partial charge in [0.15, 0.2) is 13.7 Å². The van der Waals surface area contributed by atoms with Gasteiger partial charge in [-0.05, 0) is 50.2 Å². The van der Waals surface area contributed by atoms with Gasteiger partial charge in [0.25, 0.3) is 0 Å². The van der Waals surface area contributed by atoms with E-state index in [1.54, 1.807) is 0 Å². The zero-order chi connectivity index (χ0) is 21.3. The molecule has 0 N–H and O–H groups in total. The van der Waals surface area contributed by atoms with Crippen LogP contribution in [0.25, 0.3) is 0 Å². The van der Waals surface area contributed by atoms with Crippen molar-refractivity contribution in [3.63, 3.8) is 0 Å². The minimum absolute atomic E-state index is 0.0658. The Morgan fingerprint density at radius 2 is 1.75 bits per heavy atom. The summed E-state index contributed by atoms with van der Waals surface area (Å²) in [6.07, 6.45) is 6.00. The Labute approximate surface area is 170 Å². The van der Waals surface area contributed by atoms with Crippen LogP contribution < -0.4 is 0 Å². The molecule has 0 amide bonds. The number of fused-ring (bicyclic) bond motifs is 1. The van der Waals surface area contributed by atoms with Gasteiger partial charge in [-0.2, -0.15) is 0 Å². The largest absolute Gasteiger partial charge is 0.468 e. The fraction of sp³-hybridized carbons (Fsp3) is 0.727. The Morgan fingerprint density at radius 3 is 2.25 bits per heavy atom. The Morgan fingerprint density at radius 1 is 1.18 bits per heavy atom. The van der Waals surface area contributed by atoms with Crippen LogP contribution in [0.15, 0.2) is 23.3 Å². The molecular weight excluding hydrogens is 372 g/mol. The van der Waals surface area contributed by atoms with Gasteiger partial charge in [-0.1, -0.05) is 44.1 Å². The van der Waals surface area contributed by atoms with Crippen LogP contribution in [0.1, 0.15) is 47.0 Å². The van der Waals surface area contributed by atoms with Crippen LogP contribution in [0.5, 0.6) is 0 Å². The molecule has 5 nitrogen and oxygen atoms in total. The molecule has 0 radical (unpaired) electrons.